The lowest BCUT2D eigenvalue weighted by Crippen LogP contribution is -2.45. The SMILES string of the molecule is CC1(O)CCCN(Cc2cccnc2C(N)=S)C1. The molecule has 1 saturated heterocycles. The van der Waals surface area contributed by atoms with Crippen LogP contribution in [0.2, 0.25) is 0 Å². The van der Waals surface area contributed by atoms with Crippen LogP contribution in [0.25, 0.3) is 0 Å². The van der Waals surface area contributed by atoms with Gasteiger partial charge in [-0.25, -0.2) is 0 Å². The second kappa shape index (κ2) is 5.30. The van der Waals surface area contributed by atoms with Gasteiger partial charge in [0.1, 0.15) is 10.7 Å². The first-order valence-electron chi connectivity index (χ1n) is 6.16. The predicted octanol–water partition coefficient (Wildman–Crippen LogP) is 1.06. The van der Waals surface area contributed by atoms with Gasteiger partial charge in [0.2, 0.25) is 0 Å². The summed E-state index contributed by atoms with van der Waals surface area (Å²) in [4.78, 5) is 6.78. The van der Waals surface area contributed by atoms with E-state index in [9.17, 15) is 5.11 Å². The van der Waals surface area contributed by atoms with Crippen molar-refractivity contribution in [3.05, 3.63) is 29.6 Å². The zero-order chi connectivity index (χ0) is 13.2. The number of aliphatic hydroxyl groups is 1. The van der Waals surface area contributed by atoms with Gasteiger partial charge in [0.15, 0.2) is 0 Å². The van der Waals surface area contributed by atoms with Gasteiger partial charge in [-0.2, -0.15) is 0 Å². The number of thiocarbonyl (C=S) groups is 1. The quantitative estimate of drug-likeness (QED) is 0.800. The van der Waals surface area contributed by atoms with Gasteiger partial charge >= 0.3 is 0 Å². The summed E-state index contributed by atoms with van der Waals surface area (Å²) in [7, 11) is 0. The summed E-state index contributed by atoms with van der Waals surface area (Å²) < 4.78 is 0. The van der Waals surface area contributed by atoms with Crippen LogP contribution < -0.4 is 5.73 Å². The predicted molar refractivity (Wildman–Crippen MR) is 75.3 cm³/mol. The highest BCUT2D eigenvalue weighted by molar-refractivity contribution is 7.80. The summed E-state index contributed by atoms with van der Waals surface area (Å²) in [5.74, 6) is 0. The molecule has 98 valence electrons. The van der Waals surface area contributed by atoms with Gasteiger partial charge in [0.25, 0.3) is 0 Å². The van der Waals surface area contributed by atoms with E-state index in [1.54, 1.807) is 6.20 Å². The largest absolute Gasteiger partial charge is 0.389 e. The van der Waals surface area contributed by atoms with E-state index in [1.165, 1.54) is 0 Å². The molecule has 1 aliphatic heterocycles. The summed E-state index contributed by atoms with van der Waals surface area (Å²) in [5, 5.41) is 10.1. The molecule has 0 spiro atoms. The Morgan fingerprint density at radius 3 is 3.11 bits per heavy atom. The van der Waals surface area contributed by atoms with Crippen molar-refractivity contribution in [3.63, 3.8) is 0 Å². The minimum absolute atomic E-state index is 0.328. The molecule has 0 aromatic carbocycles. The number of pyridine rings is 1. The maximum Gasteiger partial charge on any atom is 0.123 e. The van der Waals surface area contributed by atoms with Crippen molar-refractivity contribution in [3.8, 4) is 0 Å². The van der Waals surface area contributed by atoms with Gasteiger partial charge in [0.05, 0.1) is 5.60 Å². The number of likely N-dealkylation sites (tertiary alicyclic amines) is 1. The molecule has 1 aromatic heterocycles. The van der Waals surface area contributed by atoms with Crippen LogP contribution in [0.3, 0.4) is 0 Å². The van der Waals surface area contributed by atoms with Gasteiger partial charge in [0, 0.05) is 19.3 Å². The maximum absolute atomic E-state index is 10.1. The van der Waals surface area contributed by atoms with Crippen molar-refractivity contribution in [1.82, 2.24) is 9.88 Å². The minimum atomic E-state index is -0.593. The van der Waals surface area contributed by atoms with Crippen LogP contribution in [0.4, 0.5) is 0 Å². The lowest BCUT2D eigenvalue weighted by atomic mass is 9.95. The van der Waals surface area contributed by atoms with E-state index in [4.69, 9.17) is 18.0 Å². The molecule has 18 heavy (non-hydrogen) atoms. The van der Waals surface area contributed by atoms with Gasteiger partial charge in [-0.1, -0.05) is 18.3 Å². The fourth-order valence-corrected chi connectivity index (χ4v) is 2.67. The summed E-state index contributed by atoms with van der Waals surface area (Å²) in [6, 6.07) is 3.88. The summed E-state index contributed by atoms with van der Waals surface area (Å²) >= 11 is 5.01. The molecule has 1 unspecified atom stereocenters. The van der Waals surface area contributed by atoms with Gasteiger partial charge in [-0.15, -0.1) is 0 Å². The lowest BCUT2D eigenvalue weighted by Gasteiger charge is -2.37. The van der Waals surface area contributed by atoms with Crippen LogP contribution in [-0.4, -0.2) is 38.7 Å². The highest BCUT2D eigenvalue weighted by atomic mass is 32.1. The number of aromatic nitrogens is 1. The van der Waals surface area contributed by atoms with Crippen LogP contribution in [0.15, 0.2) is 18.3 Å². The Morgan fingerprint density at radius 2 is 2.44 bits per heavy atom. The number of nitrogens with zero attached hydrogens (tertiary/aromatic N) is 2. The number of piperidine rings is 1. The third kappa shape index (κ3) is 3.25. The van der Waals surface area contributed by atoms with Crippen molar-refractivity contribution in [2.45, 2.75) is 31.9 Å². The first kappa shape index (κ1) is 13.4. The third-order valence-corrected chi connectivity index (χ3v) is 3.47. The Labute approximate surface area is 113 Å². The average Bonchev–Trinajstić information content (AvgIpc) is 2.28. The van der Waals surface area contributed by atoms with Crippen molar-refractivity contribution in [2.75, 3.05) is 13.1 Å². The van der Waals surface area contributed by atoms with Crippen LogP contribution in [0, 0.1) is 0 Å². The molecule has 0 amide bonds. The maximum atomic E-state index is 10.1. The molecule has 0 aliphatic carbocycles. The number of hydrogen-bond donors (Lipinski definition) is 2. The summed E-state index contributed by atoms with van der Waals surface area (Å²) in [6.07, 6.45) is 3.57. The molecule has 1 aliphatic rings. The van der Waals surface area contributed by atoms with Gasteiger partial charge < -0.3 is 10.8 Å². The van der Waals surface area contributed by atoms with Gasteiger partial charge in [-0.05, 0) is 37.9 Å². The highest BCUT2D eigenvalue weighted by Gasteiger charge is 2.28. The Balaban J connectivity index is 2.12. The third-order valence-electron chi connectivity index (χ3n) is 3.27. The Morgan fingerprint density at radius 1 is 1.67 bits per heavy atom. The Kier molecular flexibility index (Phi) is 3.94. The molecule has 3 N–H and O–H groups in total. The van der Waals surface area contributed by atoms with Crippen molar-refractivity contribution in [1.29, 1.82) is 0 Å². The first-order chi connectivity index (χ1) is 8.48. The van der Waals surface area contributed by atoms with Crippen LogP contribution in [0.5, 0.6) is 0 Å². The number of rotatable bonds is 3. The number of nitrogens with two attached hydrogens (primary N) is 1. The normalized spacial score (nSPS) is 25.0. The molecular formula is C13H19N3OS. The minimum Gasteiger partial charge on any atom is -0.389 e. The zero-order valence-electron chi connectivity index (χ0n) is 10.6. The zero-order valence-corrected chi connectivity index (χ0v) is 11.4. The molecule has 2 heterocycles. The molecule has 0 radical (unpaired) electrons. The highest BCUT2D eigenvalue weighted by Crippen LogP contribution is 2.22. The van der Waals surface area contributed by atoms with Crippen LogP contribution >= 0.6 is 12.2 Å². The van der Waals surface area contributed by atoms with Gasteiger partial charge in [-0.3, -0.25) is 9.88 Å². The molecular weight excluding hydrogens is 246 g/mol. The van der Waals surface area contributed by atoms with Crippen molar-refractivity contribution in [2.24, 2.45) is 5.73 Å². The second-order valence-electron chi connectivity index (χ2n) is 5.19. The molecule has 1 aromatic rings. The van der Waals surface area contributed by atoms with Crippen LogP contribution in [0.1, 0.15) is 31.0 Å². The monoisotopic (exact) mass is 265 g/mol. The van der Waals surface area contributed by atoms with E-state index in [0.717, 1.165) is 31.5 Å². The molecule has 5 heteroatoms. The lowest BCUT2D eigenvalue weighted by molar-refractivity contribution is -0.0181. The van der Waals surface area contributed by atoms with Crippen LogP contribution in [-0.2, 0) is 6.54 Å². The van der Waals surface area contributed by atoms with E-state index in [2.05, 4.69) is 9.88 Å². The van der Waals surface area contributed by atoms with E-state index in [1.807, 2.05) is 19.1 Å². The van der Waals surface area contributed by atoms with Crippen molar-refractivity contribution < 1.29 is 5.11 Å². The summed E-state index contributed by atoms with van der Waals surface area (Å²) in [5.41, 5.74) is 6.80. The number of hydrogen-bond acceptors (Lipinski definition) is 4. The second-order valence-corrected chi connectivity index (χ2v) is 5.63. The fraction of sp³-hybridized carbons (Fsp3) is 0.538. The standard InChI is InChI=1S/C13H19N3OS/c1-13(17)5-3-7-16(9-13)8-10-4-2-6-15-11(10)12(14)18/h2,4,6,17H,3,5,7-9H2,1H3,(H2,14,18). The molecule has 1 fully saturated rings. The van der Waals surface area contributed by atoms with E-state index in [0.29, 0.717) is 17.2 Å². The smallest absolute Gasteiger partial charge is 0.123 e. The molecule has 0 bridgehead atoms. The van der Waals surface area contributed by atoms with E-state index in [-0.39, 0.29) is 0 Å². The topological polar surface area (TPSA) is 62.4 Å². The fourth-order valence-electron chi connectivity index (χ4n) is 2.49. The number of β-amino-alcohol motifs (C(OH)–C–C–N with tert-alkyl or cyclic N) is 1. The molecule has 4 nitrogen and oxygen atoms in total. The van der Waals surface area contributed by atoms with E-state index >= 15 is 0 Å². The first-order valence-corrected chi connectivity index (χ1v) is 6.57. The van der Waals surface area contributed by atoms with Crippen molar-refractivity contribution >= 4 is 17.2 Å². The molecule has 0 saturated carbocycles. The molecule has 2 rings (SSSR count). The average molecular weight is 265 g/mol. The Bertz CT molecular complexity index is 448. The summed E-state index contributed by atoms with van der Waals surface area (Å²) in [6.45, 7) is 4.29. The van der Waals surface area contributed by atoms with E-state index < -0.39 is 5.60 Å². The Hall–Kier alpha value is -1.04. The molecule has 1 atom stereocenters.